The Morgan fingerprint density at radius 1 is 1.14 bits per heavy atom. The van der Waals surface area contributed by atoms with Crippen molar-refractivity contribution in [2.24, 2.45) is 5.92 Å². The van der Waals surface area contributed by atoms with Crippen LogP contribution >= 0.6 is 0 Å². The van der Waals surface area contributed by atoms with Crippen LogP contribution in [0.2, 0.25) is 0 Å². The van der Waals surface area contributed by atoms with E-state index in [4.69, 9.17) is 4.74 Å². The number of aryl methyl sites for hydroxylation is 1. The molecule has 3 rings (SSSR count). The number of nitrogens with zero attached hydrogens (tertiary/aromatic N) is 2. The summed E-state index contributed by atoms with van der Waals surface area (Å²) >= 11 is 0. The van der Waals surface area contributed by atoms with E-state index in [1.54, 1.807) is 4.90 Å². The molecule has 6 heteroatoms. The first-order valence-electron chi connectivity index (χ1n) is 11.1. The summed E-state index contributed by atoms with van der Waals surface area (Å²) in [7, 11) is 0. The van der Waals surface area contributed by atoms with Gasteiger partial charge in [0.2, 0.25) is 11.8 Å². The molecule has 2 saturated heterocycles. The number of morpholine rings is 1. The molecule has 0 spiro atoms. The lowest BCUT2D eigenvalue weighted by atomic mass is 10.1. The number of carbonyl (C=O) groups is 2. The number of benzene rings is 1. The Morgan fingerprint density at radius 2 is 1.90 bits per heavy atom. The molecule has 160 valence electrons. The Bertz CT molecular complexity index is 656. The average Bonchev–Trinajstić information content (AvgIpc) is 3.15. The normalized spacial score (nSPS) is 20.2. The number of amides is 2. The topological polar surface area (TPSA) is 61.9 Å². The molecule has 6 nitrogen and oxygen atoms in total. The van der Waals surface area contributed by atoms with Crippen molar-refractivity contribution in [2.45, 2.75) is 45.4 Å². The summed E-state index contributed by atoms with van der Waals surface area (Å²) in [6, 6.07) is 8.21. The van der Waals surface area contributed by atoms with Gasteiger partial charge in [-0.05, 0) is 49.9 Å². The Hall–Kier alpha value is -1.92. The minimum Gasteiger partial charge on any atom is -0.379 e. The number of carbonyl (C=O) groups excluding carboxylic acids is 2. The highest BCUT2D eigenvalue weighted by atomic mass is 16.5. The van der Waals surface area contributed by atoms with E-state index in [0.717, 1.165) is 57.8 Å². The molecule has 2 aliphatic heterocycles. The molecular weight excluding hydrogens is 366 g/mol. The van der Waals surface area contributed by atoms with E-state index in [-0.39, 0.29) is 17.7 Å². The summed E-state index contributed by atoms with van der Waals surface area (Å²) in [6.45, 7) is 8.06. The van der Waals surface area contributed by atoms with E-state index in [0.29, 0.717) is 19.5 Å². The summed E-state index contributed by atoms with van der Waals surface area (Å²) in [5, 5.41) is 3.03. The highest BCUT2D eigenvalue weighted by Crippen LogP contribution is 2.25. The van der Waals surface area contributed by atoms with Crippen LogP contribution in [0.5, 0.6) is 0 Å². The van der Waals surface area contributed by atoms with Crippen LogP contribution in [-0.2, 0) is 20.7 Å². The first-order valence-corrected chi connectivity index (χ1v) is 11.1. The van der Waals surface area contributed by atoms with Gasteiger partial charge >= 0.3 is 0 Å². The van der Waals surface area contributed by atoms with Crippen LogP contribution in [0.25, 0.3) is 0 Å². The second kappa shape index (κ2) is 11.3. The second-order valence-electron chi connectivity index (χ2n) is 8.13. The summed E-state index contributed by atoms with van der Waals surface area (Å²) in [6.07, 6.45) is 5.76. The van der Waals surface area contributed by atoms with Crippen LogP contribution in [0.1, 0.15) is 44.6 Å². The maximum absolute atomic E-state index is 12.5. The van der Waals surface area contributed by atoms with Gasteiger partial charge in [0.1, 0.15) is 0 Å². The van der Waals surface area contributed by atoms with Crippen molar-refractivity contribution in [1.82, 2.24) is 10.2 Å². The zero-order valence-electron chi connectivity index (χ0n) is 17.7. The molecular formula is C23H35N3O3. The van der Waals surface area contributed by atoms with E-state index in [2.05, 4.69) is 29.3 Å². The van der Waals surface area contributed by atoms with Gasteiger partial charge in [-0.3, -0.25) is 14.5 Å². The Balaban J connectivity index is 1.38. The van der Waals surface area contributed by atoms with Crippen molar-refractivity contribution in [3.8, 4) is 0 Å². The molecule has 2 fully saturated rings. The van der Waals surface area contributed by atoms with Crippen LogP contribution in [0.4, 0.5) is 5.69 Å². The molecule has 1 atom stereocenters. The molecule has 0 radical (unpaired) electrons. The smallest absolute Gasteiger partial charge is 0.227 e. The molecule has 1 N–H and O–H groups in total. The van der Waals surface area contributed by atoms with Crippen LogP contribution in [0, 0.1) is 5.92 Å². The molecule has 0 aliphatic carbocycles. The summed E-state index contributed by atoms with van der Waals surface area (Å²) in [4.78, 5) is 29.1. The lowest BCUT2D eigenvalue weighted by Gasteiger charge is -2.26. The van der Waals surface area contributed by atoms with Gasteiger partial charge < -0.3 is 15.0 Å². The van der Waals surface area contributed by atoms with Crippen molar-refractivity contribution < 1.29 is 14.3 Å². The van der Waals surface area contributed by atoms with Gasteiger partial charge in [0.05, 0.1) is 19.1 Å². The zero-order chi connectivity index (χ0) is 20.5. The van der Waals surface area contributed by atoms with Gasteiger partial charge in [0.25, 0.3) is 0 Å². The third-order valence-electron chi connectivity index (χ3n) is 5.87. The largest absolute Gasteiger partial charge is 0.379 e. The van der Waals surface area contributed by atoms with Crippen molar-refractivity contribution in [2.75, 3.05) is 50.8 Å². The Labute approximate surface area is 174 Å². The van der Waals surface area contributed by atoms with Gasteiger partial charge in [-0.25, -0.2) is 0 Å². The number of ether oxygens (including phenoxy) is 1. The van der Waals surface area contributed by atoms with Gasteiger partial charge in [-0.1, -0.05) is 25.5 Å². The van der Waals surface area contributed by atoms with Gasteiger partial charge in [0.15, 0.2) is 0 Å². The SMILES string of the molecule is CCCCc1ccc(N2CC(C(=O)NCCCCN3CCOCC3)CC2=O)cc1. The lowest BCUT2D eigenvalue weighted by Crippen LogP contribution is -2.37. The molecule has 2 aliphatic rings. The van der Waals surface area contributed by atoms with Crippen molar-refractivity contribution in [3.63, 3.8) is 0 Å². The van der Waals surface area contributed by atoms with Gasteiger partial charge in [0, 0.05) is 38.3 Å². The second-order valence-corrected chi connectivity index (χ2v) is 8.13. The van der Waals surface area contributed by atoms with Crippen molar-refractivity contribution in [3.05, 3.63) is 29.8 Å². The number of anilines is 1. The number of nitrogens with one attached hydrogen (secondary N) is 1. The van der Waals surface area contributed by atoms with E-state index in [1.165, 1.54) is 18.4 Å². The fourth-order valence-electron chi connectivity index (χ4n) is 4.00. The van der Waals surface area contributed by atoms with Gasteiger partial charge in [-0.2, -0.15) is 0 Å². The molecule has 2 heterocycles. The maximum Gasteiger partial charge on any atom is 0.227 e. The van der Waals surface area contributed by atoms with E-state index < -0.39 is 0 Å². The quantitative estimate of drug-likeness (QED) is 0.612. The maximum atomic E-state index is 12.5. The molecule has 1 aromatic rings. The summed E-state index contributed by atoms with van der Waals surface area (Å²) < 4.78 is 5.36. The molecule has 0 aromatic heterocycles. The third-order valence-corrected chi connectivity index (χ3v) is 5.87. The van der Waals surface area contributed by atoms with Crippen LogP contribution in [0.15, 0.2) is 24.3 Å². The predicted octanol–water partition coefficient (Wildman–Crippen LogP) is 2.61. The fraction of sp³-hybridized carbons (Fsp3) is 0.652. The number of unbranched alkanes of at least 4 members (excludes halogenated alkanes) is 2. The molecule has 0 bridgehead atoms. The minimum absolute atomic E-state index is 0.00629. The minimum atomic E-state index is -0.249. The monoisotopic (exact) mass is 401 g/mol. The highest BCUT2D eigenvalue weighted by Gasteiger charge is 2.34. The predicted molar refractivity (Wildman–Crippen MR) is 115 cm³/mol. The lowest BCUT2D eigenvalue weighted by molar-refractivity contribution is -0.126. The standard InChI is InChI=1S/C23H35N3O3/c1-2-3-6-19-7-9-21(10-8-19)26-18-20(17-22(26)27)23(28)24-11-4-5-12-25-13-15-29-16-14-25/h7-10,20H,2-6,11-18H2,1H3,(H,24,28). The molecule has 1 unspecified atom stereocenters. The number of hydrogen-bond acceptors (Lipinski definition) is 4. The van der Waals surface area contributed by atoms with Crippen molar-refractivity contribution in [1.29, 1.82) is 0 Å². The highest BCUT2D eigenvalue weighted by molar-refractivity contribution is 6.00. The summed E-state index contributed by atoms with van der Waals surface area (Å²) in [5.74, 6) is -0.202. The van der Waals surface area contributed by atoms with Crippen LogP contribution < -0.4 is 10.2 Å². The van der Waals surface area contributed by atoms with E-state index >= 15 is 0 Å². The Kier molecular flexibility index (Phi) is 8.50. The summed E-state index contributed by atoms with van der Waals surface area (Å²) in [5.41, 5.74) is 2.20. The molecule has 0 saturated carbocycles. The van der Waals surface area contributed by atoms with Crippen LogP contribution in [-0.4, -0.2) is 62.7 Å². The van der Waals surface area contributed by atoms with E-state index in [1.807, 2.05) is 12.1 Å². The first-order chi connectivity index (χ1) is 14.2. The molecule has 2 amide bonds. The molecule has 29 heavy (non-hydrogen) atoms. The van der Waals surface area contributed by atoms with E-state index in [9.17, 15) is 9.59 Å². The number of hydrogen-bond donors (Lipinski definition) is 1. The molecule has 1 aromatic carbocycles. The number of rotatable bonds is 10. The zero-order valence-corrected chi connectivity index (χ0v) is 17.7. The van der Waals surface area contributed by atoms with Gasteiger partial charge in [-0.15, -0.1) is 0 Å². The third kappa shape index (κ3) is 6.54. The van der Waals surface area contributed by atoms with Crippen LogP contribution in [0.3, 0.4) is 0 Å². The first kappa shape index (κ1) is 21.8. The van der Waals surface area contributed by atoms with Crippen molar-refractivity contribution >= 4 is 17.5 Å². The average molecular weight is 402 g/mol. The fourth-order valence-corrected chi connectivity index (χ4v) is 4.00. The Morgan fingerprint density at radius 3 is 2.62 bits per heavy atom.